The highest BCUT2D eigenvalue weighted by Crippen LogP contribution is 2.19. The first-order chi connectivity index (χ1) is 10.5. The van der Waals surface area contributed by atoms with E-state index in [4.69, 9.17) is 0 Å². The monoisotopic (exact) mass is 320 g/mol. The maximum Gasteiger partial charge on any atom is 0.253 e. The predicted octanol–water partition coefficient (Wildman–Crippen LogP) is 0.526. The molecule has 2 aromatic rings. The van der Waals surface area contributed by atoms with Crippen LogP contribution < -0.4 is 0 Å². The van der Waals surface area contributed by atoms with E-state index in [1.807, 2.05) is 0 Å². The Morgan fingerprint density at radius 1 is 1.32 bits per heavy atom. The third-order valence-corrected chi connectivity index (χ3v) is 5.62. The van der Waals surface area contributed by atoms with E-state index >= 15 is 0 Å². The number of carbonyl (C=O) groups is 1. The zero-order chi connectivity index (χ0) is 15.7. The molecule has 3 rings (SSSR count). The highest BCUT2D eigenvalue weighted by Gasteiger charge is 2.32. The van der Waals surface area contributed by atoms with Crippen LogP contribution in [0.25, 0.3) is 5.69 Å². The summed E-state index contributed by atoms with van der Waals surface area (Å²) in [5.74, 6) is 0.0273. The Morgan fingerprint density at radius 3 is 2.59 bits per heavy atom. The molecule has 1 atom stereocenters. The molecule has 0 saturated carbocycles. The molecule has 7 nitrogen and oxygen atoms in total. The lowest BCUT2D eigenvalue weighted by molar-refractivity contribution is 0.0747. The summed E-state index contributed by atoms with van der Waals surface area (Å²) < 4.78 is 24.7. The Hall–Kier alpha value is -2.22. The third-order valence-electron chi connectivity index (χ3n) is 3.87. The molecule has 1 aromatic heterocycles. The maximum atomic E-state index is 12.4. The van der Waals surface area contributed by atoms with Crippen LogP contribution in [0.5, 0.6) is 0 Å². The van der Waals surface area contributed by atoms with Gasteiger partial charge in [-0.2, -0.15) is 5.10 Å². The average Bonchev–Trinajstić information content (AvgIpc) is 3.15. The molecular weight excluding hydrogens is 304 g/mol. The van der Waals surface area contributed by atoms with Crippen molar-refractivity contribution in [1.29, 1.82) is 0 Å². The van der Waals surface area contributed by atoms with Crippen LogP contribution in [0.4, 0.5) is 0 Å². The fraction of sp³-hybridized carbons (Fsp3) is 0.357. The lowest BCUT2D eigenvalue weighted by atomic mass is 10.1. The molecule has 0 bridgehead atoms. The largest absolute Gasteiger partial charge is 0.338 e. The predicted molar refractivity (Wildman–Crippen MR) is 80.5 cm³/mol. The smallest absolute Gasteiger partial charge is 0.253 e. The zero-order valence-electron chi connectivity index (χ0n) is 12.1. The number of amides is 1. The van der Waals surface area contributed by atoms with E-state index < -0.39 is 9.84 Å². The number of hydrogen-bond acceptors (Lipinski definition) is 5. The van der Waals surface area contributed by atoms with Crippen molar-refractivity contribution in [2.45, 2.75) is 12.5 Å². The van der Waals surface area contributed by atoms with E-state index in [9.17, 15) is 13.2 Å². The molecule has 1 aromatic carbocycles. The lowest BCUT2D eigenvalue weighted by Crippen LogP contribution is -2.37. The van der Waals surface area contributed by atoms with Gasteiger partial charge in [-0.05, 0) is 30.7 Å². The number of hydrogen-bond donors (Lipinski definition) is 0. The van der Waals surface area contributed by atoms with Gasteiger partial charge in [-0.1, -0.05) is 0 Å². The lowest BCUT2D eigenvalue weighted by Gasteiger charge is -2.23. The second kappa shape index (κ2) is 5.53. The van der Waals surface area contributed by atoms with E-state index in [2.05, 4.69) is 10.1 Å². The molecule has 1 fully saturated rings. The van der Waals surface area contributed by atoms with Gasteiger partial charge < -0.3 is 4.90 Å². The Morgan fingerprint density at radius 2 is 2.05 bits per heavy atom. The van der Waals surface area contributed by atoms with E-state index in [0.29, 0.717) is 12.0 Å². The summed E-state index contributed by atoms with van der Waals surface area (Å²) in [6.45, 7) is 0. The van der Waals surface area contributed by atoms with Gasteiger partial charge in [-0.3, -0.25) is 4.79 Å². The Balaban J connectivity index is 1.75. The summed E-state index contributed by atoms with van der Waals surface area (Å²) in [4.78, 5) is 17.8. The highest BCUT2D eigenvalue weighted by atomic mass is 32.2. The van der Waals surface area contributed by atoms with Crippen molar-refractivity contribution in [3.63, 3.8) is 0 Å². The first-order valence-electron chi connectivity index (χ1n) is 6.89. The second-order valence-electron chi connectivity index (χ2n) is 5.36. The number of nitrogens with zero attached hydrogens (tertiary/aromatic N) is 4. The topological polar surface area (TPSA) is 85.2 Å². The van der Waals surface area contributed by atoms with Crippen LogP contribution in [0, 0.1) is 0 Å². The van der Waals surface area contributed by atoms with Crippen LogP contribution in [0.2, 0.25) is 0 Å². The highest BCUT2D eigenvalue weighted by molar-refractivity contribution is 7.91. The van der Waals surface area contributed by atoms with E-state index in [1.165, 1.54) is 11.2 Å². The van der Waals surface area contributed by atoms with Crippen molar-refractivity contribution >= 4 is 15.7 Å². The number of sulfone groups is 1. The van der Waals surface area contributed by atoms with Crippen molar-refractivity contribution in [3.8, 4) is 5.69 Å². The molecule has 116 valence electrons. The molecule has 1 saturated heterocycles. The summed E-state index contributed by atoms with van der Waals surface area (Å²) in [5.41, 5.74) is 1.33. The molecule has 2 heterocycles. The number of benzene rings is 1. The number of carbonyl (C=O) groups excluding carboxylic acids is 1. The number of rotatable bonds is 3. The second-order valence-corrected chi connectivity index (χ2v) is 7.59. The average molecular weight is 320 g/mol. The van der Waals surface area contributed by atoms with Crippen molar-refractivity contribution in [2.24, 2.45) is 0 Å². The van der Waals surface area contributed by atoms with Gasteiger partial charge in [0.2, 0.25) is 0 Å². The standard InChI is InChI=1S/C14H16N4O3S/c1-17(13-6-7-22(20,21)8-13)14(19)11-2-4-12(5-3-11)18-10-15-9-16-18/h2-5,9-10,13H,6-8H2,1H3/t13-/m1/s1. The van der Waals surface area contributed by atoms with Crippen molar-refractivity contribution < 1.29 is 13.2 Å². The summed E-state index contributed by atoms with van der Waals surface area (Å²) >= 11 is 0. The molecule has 0 unspecified atom stereocenters. The van der Waals surface area contributed by atoms with E-state index in [0.717, 1.165) is 5.69 Å². The first kappa shape index (κ1) is 14.7. The molecule has 0 radical (unpaired) electrons. The Kier molecular flexibility index (Phi) is 3.69. The van der Waals surface area contributed by atoms with Gasteiger partial charge in [0.1, 0.15) is 12.7 Å². The van der Waals surface area contributed by atoms with Crippen LogP contribution in [0.3, 0.4) is 0 Å². The minimum absolute atomic E-state index is 0.0479. The van der Waals surface area contributed by atoms with Gasteiger partial charge in [-0.25, -0.2) is 18.1 Å². The molecule has 0 aliphatic carbocycles. The maximum absolute atomic E-state index is 12.4. The minimum Gasteiger partial charge on any atom is -0.338 e. The SMILES string of the molecule is CN(C(=O)c1ccc(-n2cncn2)cc1)[C@@H]1CCS(=O)(=O)C1. The molecule has 1 amide bonds. The molecule has 1 aliphatic rings. The normalized spacial score (nSPS) is 20.0. The fourth-order valence-corrected chi connectivity index (χ4v) is 4.32. The molecule has 8 heteroatoms. The molecule has 22 heavy (non-hydrogen) atoms. The van der Waals surface area contributed by atoms with Gasteiger partial charge in [0.25, 0.3) is 5.91 Å². The van der Waals surface area contributed by atoms with Gasteiger partial charge in [0.05, 0.1) is 17.2 Å². The Labute approximate surface area is 128 Å². The first-order valence-corrected chi connectivity index (χ1v) is 8.71. The van der Waals surface area contributed by atoms with Gasteiger partial charge in [-0.15, -0.1) is 0 Å². The van der Waals surface area contributed by atoms with Crippen molar-refractivity contribution in [1.82, 2.24) is 19.7 Å². The number of aromatic nitrogens is 3. The summed E-state index contributed by atoms with van der Waals surface area (Å²) in [5, 5.41) is 4.02. The molecule has 0 spiro atoms. The zero-order valence-corrected chi connectivity index (χ0v) is 12.9. The van der Waals surface area contributed by atoms with Gasteiger partial charge >= 0.3 is 0 Å². The summed E-state index contributed by atoms with van der Waals surface area (Å²) in [7, 11) is -1.35. The van der Waals surface area contributed by atoms with Crippen LogP contribution in [-0.4, -0.2) is 58.6 Å². The van der Waals surface area contributed by atoms with Crippen molar-refractivity contribution in [2.75, 3.05) is 18.6 Å². The minimum atomic E-state index is -3.00. The van der Waals surface area contributed by atoms with Crippen LogP contribution in [0.15, 0.2) is 36.9 Å². The summed E-state index contributed by atoms with van der Waals surface area (Å²) in [6, 6.07) is 6.73. The summed E-state index contributed by atoms with van der Waals surface area (Å²) in [6.07, 6.45) is 3.52. The third kappa shape index (κ3) is 2.87. The van der Waals surface area contributed by atoms with Gasteiger partial charge in [0.15, 0.2) is 9.84 Å². The van der Waals surface area contributed by atoms with Gasteiger partial charge in [0, 0.05) is 18.7 Å². The van der Waals surface area contributed by atoms with E-state index in [-0.39, 0.29) is 23.5 Å². The van der Waals surface area contributed by atoms with Crippen LogP contribution in [-0.2, 0) is 9.84 Å². The van der Waals surface area contributed by atoms with Crippen LogP contribution >= 0.6 is 0 Å². The Bertz CT molecular complexity index is 769. The van der Waals surface area contributed by atoms with Crippen LogP contribution in [0.1, 0.15) is 16.8 Å². The van der Waals surface area contributed by atoms with Crippen molar-refractivity contribution in [3.05, 3.63) is 42.5 Å². The molecule has 0 N–H and O–H groups in total. The molecular formula is C14H16N4O3S. The quantitative estimate of drug-likeness (QED) is 0.823. The fourth-order valence-electron chi connectivity index (χ4n) is 2.55. The van der Waals surface area contributed by atoms with E-state index in [1.54, 1.807) is 42.3 Å². The molecule has 1 aliphatic heterocycles.